The van der Waals surface area contributed by atoms with Crippen LogP contribution in [-0.2, 0) is 13.0 Å². The number of phenols is 1. The van der Waals surface area contributed by atoms with Crippen LogP contribution in [-0.4, -0.2) is 26.4 Å². The van der Waals surface area contributed by atoms with Gasteiger partial charge in [0.2, 0.25) is 0 Å². The van der Waals surface area contributed by atoms with Crippen molar-refractivity contribution in [1.29, 1.82) is 0 Å². The predicted molar refractivity (Wildman–Crippen MR) is 95.4 cm³/mol. The highest BCUT2D eigenvalue weighted by Crippen LogP contribution is 2.34. The van der Waals surface area contributed by atoms with Gasteiger partial charge in [0.1, 0.15) is 5.75 Å². The van der Waals surface area contributed by atoms with Crippen molar-refractivity contribution >= 4 is 5.69 Å². The zero-order valence-electron chi connectivity index (χ0n) is 14.6. The summed E-state index contributed by atoms with van der Waals surface area (Å²) in [6.07, 6.45) is 2.21. The summed E-state index contributed by atoms with van der Waals surface area (Å²) in [5, 5.41) is 13.3. The molecule has 5 nitrogen and oxygen atoms in total. The number of allylic oxidation sites excluding steroid dienone is 1. The van der Waals surface area contributed by atoms with Gasteiger partial charge in [-0.25, -0.2) is 4.39 Å². The fraction of sp³-hybridized carbons (Fsp3) is 0.263. The predicted octanol–water partition coefficient (Wildman–Crippen LogP) is 3.90. The smallest absolute Gasteiger partial charge is 0.167 e. The molecule has 2 N–H and O–H groups in total. The number of ether oxygens (including phenoxy) is 3. The molecule has 0 atom stereocenters. The lowest BCUT2D eigenvalue weighted by Gasteiger charge is -2.15. The highest BCUT2D eigenvalue weighted by molar-refractivity contribution is 5.60. The number of aromatic hydroxyl groups is 1. The molecule has 0 aliphatic rings. The van der Waals surface area contributed by atoms with Crippen molar-refractivity contribution in [2.75, 3.05) is 26.6 Å². The molecule has 134 valence electrons. The van der Waals surface area contributed by atoms with Gasteiger partial charge in [-0.15, -0.1) is 6.58 Å². The standard InChI is InChI=1S/C19H22FNO4/c1-5-6-13-7-12(8-18(25-4)19(13)22)11-21-15-9-14(20)16(23-2)10-17(15)24-3/h5,7-10,21-22H,1,6,11H2,2-4H3. The van der Waals surface area contributed by atoms with Crippen LogP contribution in [0.2, 0.25) is 0 Å². The van der Waals surface area contributed by atoms with E-state index < -0.39 is 5.82 Å². The lowest BCUT2D eigenvalue weighted by molar-refractivity contribution is 0.370. The Morgan fingerprint density at radius 2 is 1.72 bits per heavy atom. The van der Waals surface area contributed by atoms with Gasteiger partial charge in [-0.05, 0) is 24.1 Å². The average molecular weight is 347 g/mol. The van der Waals surface area contributed by atoms with E-state index in [-0.39, 0.29) is 11.5 Å². The van der Waals surface area contributed by atoms with E-state index in [2.05, 4.69) is 11.9 Å². The molecule has 2 aromatic rings. The minimum atomic E-state index is -0.485. The number of hydrogen-bond donors (Lipinski definition) is 2. The third-order valence-electron chi connectivity index (χ3n) is 3.75. The molecule has 0 saturated carbocycles. The Bertz CT molecular complexity index is 762. The van der Waals surface area contributed by atoms with Gasteiger partial charge in [0, 0.05) is 24.2 Å². The van der Waals surface area contributed by atoms with Crippen LogP contribution in [0.15, 0.2) is 36.9 Å². The Morgan fingerprint density at radius 1 is 1.04 bits per heavy atom. The Morgan fingerprint density at radius 3 is 2.32 bits per heavy atom. The first-order chi connectivity index (χ1) is 12.0. The van der Waals surface area contributed by atoms with E-state index in [1.807, 2.05) is 6.07 Å². The summed E-state index contributed by atoms with van der Waals surface area (Å²) in [7, 11) is 4.39. The summed E-state index contributed by atoms with van der Waals surface area (Å²) in [5.41, 5.74) is 2.07. The SMILES string of the molecule is C=CCc1cc(CNc2cc(F)c(OC)cc2OC)cc(OC)c1O. The zero-order chi connectivity index (χ0) is 18.4. The van der Waals surface area contributed by atoms with Gasteiger partial charge >= 0.3 is 0 Å². The monoisotopic (exact) mass is 347 g/mol. The van der Waals surface area contributed by atoms with Crippen LogP contribution < -0.4 is 19.5 Å². The van der Waals surface area contributed by atoms with Crippen LogP contribution in [0.1, 0.15) is 11.1 Å². The highest BCUT2D eigenvalue weighted by atomic mass is 19.1. The van der Waals surface area contributed by atoms with Gasteiger partial charge in [0.25, 0.3) is 0 Å². The maximum Gasteiger partial charge on any atom is 0.167 e. The molecule has 0 aliphatic heterocycles. The summed E-state index contributed by atoms with van der Waals surface area (Å²) >= 11 is 0. The number of methoxy groups -OCH3 is 3. The van der Waals surface area contributed by atoms with Crippen molar-refractivity contribution < 1.29 is 23.7 Å². The fourth-order valence-corrected chi connectivity index (χ4v) is 2.49. The molecule has 0 bridgehead atoms. The van der Waals surface area contributed by atoms with Crippen LogP contribution >= 0.6 is 0 Å². The number of halogens is 1. The normalized spacial score (nSPS) is 10.2. The molecule has 2 rings (SSSR count). The second-order valence-electron chi connectivity index (χ2n) is 5.34. The molecular weight excluding hydrogens is 325 g/mol. The molecular formula is C19H22FNO4. The quantitative estimate of drug-likeness (QED) is 0.709. The maximum absolute atomic E-state index is 13.9. The molecule has 0 aliphatic carbocycles. The van der Waals surface area contributed by atoms with E-state index in [1.54, 1.807) is 12.1 Å². The largest absolute Gasteiger partial charge is 0.504 e. The highest BCUT2D eigenvalue weighted by Gasteiger charge is 2.13. The van der Waals surface area contributed by atoms with Gasteiger partial charge in [-0.2, -0.15) is 0 Å². The van der Waals surface area contributed by atoms with E-state index in [0.717, 1.165) is 5.56 Å². The fourth-order valence-electron chi connectivity index (χ4n) is 2.49. The number of phenolic OH excluding ortho intramolecular Hbond substituents is 1. The van der Waals surface area contributed by atoms with Crippen LogP contribution in [0.3, 0.4) is 0 Å². The first kappa shape index (κ1) is 18.4. The summed E-state index contributed by atoms with van der Waals surface area (Å²) in [6.45, 7) is 4.08. The average Bonchev–Trinajstić information content (AvgIpc) is 2.62. The van der Waals surface area contributed by atoms with Crippen LogP contribution in [0, 0.1) is 5.82 Å². The molecule has 0 aromatic heterocycles. The number of anilines is 1. The van der Waals surface area contributed by atoms with E-state index in [9.17, 15) is 9.50 Å². The Balaban J connectivity index is 2.28. The molecule has 0 radical (unpaired) electrons. The second-order valence-corrected chi connectivity index (χ2v) is 5.34. The van der Waals surface area contributed by atoms with Gasteiger partial charge in [0.15, 0.2) is 23.1 Å². The minimum Gasteiger partial charge on any atom is -0.504 e. The van der Waals surface area contributed by atoms with Crippen LogP contribution in [0.25, 0.3) is 0 Å². The first-order valence-corrected chi connectivity index (χ1v) is 7.69. The summed E-state index contributed by atoms with van der Waals surface area (Å²) < 4.78 is 29.4. The van der Waals surface area contributed by atoms with Crippen molar-refractivity contribution in [2.45, 2.75) is 13.0 Å². The molecule has 0 amide bonds. The van der Waals surface area contributed by atoms with Gasteiger partial charge in [0.05, 0.1) is 27.0 Å². The lowest BCUT2D eigenvalue weighted by Crippen LogP contribution is -2.04. The lowest BCUT2D eigenvalue weighted by atomic mass is 10.1. The van der Waals surface area contributed by atoms with Crippen molar-refractivity contribution in [1.82, 2.24) is 0 Å². The summed E-state index contributed by atoms with van der Waals surface area (Å²) in [4.78, 5) is 0. The number of rotatable bonds is 8. The van der Waals surface area contributed by atoms with Crippen molar-refractivity contribution in [3.8, 4) is 23.0 Å². The van der Waals surface area contributed by atoms with Gasteiger partial charge < -0.3 is 24.6 Å². The van der Waals surface area contributed by atoms with E-state index in [0.29, 0.717) is 35.7 Å². The second kappa shape index (κ2) is 8.28. The maximum atomic E-state index is 13.9. The van der Waals surface area contributed by atoms with Crippen LogP contribution in [0.4, 0.5) is 10.1 Å². The van der Waals surface area contributed by atoms with E-state index in [4.69, 9.17) is 14.2 Å². The summed E-state index contributed by atoms with van der Waals surface area (Å²) in [5.74, 6) is 0.571. The van der Waals surface area contributed by atoms with Gasteiger partial charge in [-0.3, -0.25) is 0 Å². The molecule has 0 unspecified atom stereocenters. The molecule has 6 heteroatoms. The zero-order valence-corrected chi connectivity index (χ0v) is 14.6. The Hall–Kier alpha value is -2.89. The van der Waals surface area contributed by atoms with Crippen molar-refractivity contribution in [3.05, 3.63) is 53.9 Å². The number of benzene rings is 2. The molecule has 0 heterocycles. The van der Waals surface area contributed by atoms with Crippen molar-refractivity contribution in [2.24, 2.45) is 0 Å². The third-order valence-corrected chi connectivity index (χ3v) is 3.75. The Labute approximate surface area is 146 Å². The summed E-state index contributed by atoms with van der Waals surface area (Å²) in [6, 6.07) is 6.37. The van der Waals surface area contributed by atoms with Gasteiger partial charge in [-0.1, -0.05) is 6.08 Å². The number of hydrogen-bond acceptors (Lipinski definition) is 5. The van der Waals surface area contributed by atoms with Crippen LogP contribution in [0.5, 0.6) is 23.0 Å². The van der Waals surface area contributed by atoms with Crippen molar-refractivity contribution in [3.63, 3.8) is 0 Å². The molecule has 0 saturated heterocycles. The molecule has 0 spiro atoms. The number of nitrogens with one attached hydrogen (secondary N) is 1. The van der Waals surface area contributed by atoms with E-state index in [1.165, 1.54) is 33.5 Å². The first-order valence-electron chi connectivity index (χ1n) is 7.69. The Kier molecular flexibility index (Phi) is 6.11. The third kappa shape index (κ3) is 4.15. The molecule has 2 aromatic carbocycles. The minimum absolute atomic E-state index is 0.0965. The topological polar surface area (TPSA) is 60.0 Å². The molecule has 0 fully saturated rings. The molecule has 25 heavy (non-hydrogen) atoms. The van der Waals surface area contributed by atoms with E-state index >= 15 is 0 Å².